The second-order valence-electron chi connectivity index (χ2n) is 5.28. The SMILES string of the molecule is CC(C)C(NCCC1CCC1)c1cccs1. The van der Waals surface area contributed by atoms with Gasteiger partial charge in [-0.2, -0.15) is 0 Å². The van der Waals surface area contributed by atoms with E-state index in [-0.39, 0.29) is 0 Å². The Hall–Kier alpha value is -0.340. The summed E-state index contributed by atoms with van der Waals surface area (Å²) in [6.45, 7) is 5.80. The molecule has 0 amide bonds. The van der Waals surface area contributed by atoms with E-state index in [2.05, 4.69) is 36.7 Å². The highest BCUT2D eigenvalue weighted by atomic mass is 32.1. The van der Waals surface area contributed by atoms with Crippen LogP contribution in [0.1, 0.15) is 50.4 Å². The third-order valence-corrected chi connectivity index (χ3v) is 4.61. The van der Waals surface area contributed by atoms with Gasteiger partial charge in [-0.1, -0.05) is 39.2 Å². The molecule has 1 unspecified atom stereocenters. The lowest BCUT2D eigenvalue weighted by Gasteiger charge is -2.27. The second kappa shape index (κ2) is 5.83. The van der Waals surface area contributed by atoms with Crippen molar-refractivity contribution in [2.45, 2.75) is 45.6 Å². The molecule has 0 spiro atoms. The molecule has 90 valence electrons. The predicted octanol–water partition coefficient (Wildman–Crippen LogP) is 4.23. The Kier molecular flexibility index (Phi) is 4.42. The van der Waals surface area contributed by atoms with Gasteiger partial charge in [0.05, 0.1) is 0 Å². The van der Waals surface area contributed by atoms with Crippen molar-refractivity contribution in [2.24, 2.45) is 11.8 Å². The summed E-state index contributed by atoms with van der Waals surface area (Å²) < 4.78 is 0. The maximum Gasteiger partial charge on any atom is 0.0438 e. The molecule has 0 bridgehead atoms. The molecule has 2 rings (SSSR count). The molecule has 1 aromatic heterocycles. The van der Waals surface area contributed by atoms with E-state index in [1.165, 1.54) is 37.1 Å². The Morgan fingerprint density at radius 1 is 1.44 bits per heavy atom. The molecule has 1 N–H and O–H groups in total. The molecule has 0 radical (unpaired) electrons. The van der Waals surface area contributed by atoms with Gasteiger partial charge in [0.15, 0.2) is 0 Å². The zero-order valence-corrected chi connectivity index (χ0v) is 11.2. The molecule has 1 heterocycles. The number of hydrogen-bond donors (Lipinski definition) is 1. The van der Waals surface area contributed by atoms with Gasteiger partial charge in [0.2, 0.25) is 0 Å². The molecule has 0 aromatic carbocycles. The van der Waals surface area contributed by atoms with E-state index in [4.69, 9.17) is 0 Å². The minimum atomic E-state index is 0.556. The van der Waals surface area contributed by atoms with E-state index in [1.54, 1.807) is 0 Å². The number of nitrogens with one attached hydrogen (secondary N) is 1. The Balaban J connectivity index is 1.78. The summed E-state index contributed by atoms with van der Waals surface area (Å²) in [4.78, 5) is 1.49. The number of rotatable bonds is 6. The first-order valence-electron chi connectivity index (χ1n) is 6.54. The highest BCUT2D eigenvalue weighted by Gasteiger charge is 2.19. The zero-order chi connectivity index (χ0) is 11.4. The van der Waals surface area contributed by atoms with Gasteiger partial charge in [-0.05, 0) is 36.2 Å². The van der Waals surface area contributed by atoms with Crippen molar-refractivity contribution in [2.75, 3.05) is 6.54 Å². The van der Waals surface area contributed by atoms with Gasteiger partial charge in [0.1, 0.15) is 0 Å². The minimum Gasteiger partial charge on any atom is -0.309 e. The van der Waals surface area contributed by atoms with E-state index in [1.807, 2.05) is 11.3 Å². The van der Waals surface area contributed by atoms with Crippen LogP contribution < -0.4 is 5.32 Å². The third kappa shape index (κ3) is 3.08. The molecule has 0 aliphatic heterocycles. The summed E-state index contributed by atoms with van der Waals surface area (Å²) >= 11 is 1.88. The molecule has 1 saturated carbocycles. The molecule has 1 aliphatic rings. The average molecular weight is 237 g/mol. The van der Waals surface area contributed by atoms with Gasteiger partial charge in [-0.25, -0.2) is 0 Å². The van der Waals surface area contributed by atoms with Crippen LogP contribution in [0.2, 0.25) is 0 Å². The lowest BCUT2D eigenvalue weighted by Crippen LogP contribution is -2.28. The summed E-state index contributed by atoms with van der Waals surface area (Å²) in [5, 5.41) is 5.91. The topological polar surface area (TPSA) is 12.0 Å². The molecule has 1 aromatic rings. The first-order valence-corrected chi connectivity index (χ1v) is 7.42. The van der Waals surface area contributed by atoms with Crippen LogP contribution in [0, 0.1) is 11.8 Å². The molecule has 1 atom stereocenters. The molecular weight excluding hydrogens is 214 g/mol. The summed E-state index contributed by atoms with van der Waals surface area (Å²) in [6, 6.07) is 4.97. The molecule has 1 aliphatic carbocycles. The summed E-state index contributed by atoms with van der Waals surface area (Å²) in [5.74, 6) is 1.70. The Labute approximate surface area is 103 Å². The molecule has 16 heavy (non-hydrogen) atoms. The second-order valence-corrected chi connectivity index (χ2v) is 6.26. The number of hydrogen-bond acceptors (Lipinski definition) is 2. The number of thiophene rings is 1. The van der Waals surface area contributed by atoms with E-state index < -0.39 is 0 Å². The van der Waals surface area contributed by atoms with E-state index >= 15 is 0 Å². The molecule has 1 fully saturated rings. The van der Waals surface area contributed by atoms with E-state index in [0.717, 1.165) is 5.92 Å². The Bertz CT molecular complexity index is 288. The summed E-state index contributed by atoms with van der Waals surface area (Å²) in [6.07, 6.45) is 5.76. The average Bonchev–Trinajstić information content (AvgIpc) is 2.67. The van der Waals surface area contributed by atoms with Crippen molar-refractivity contribution in [3.05, 3.63) is 22.4 Å². The van der Waals surface area contributed by atoms with Crippen LogP contribution in [0.4, 0.5) is 0 Å². The summed E-state index contributed by atoms with van der Waals surface area (Å²) in [5.41, 5.74) is 0. The van der Waals surface area contributed by atoms with Gasteiger partial charge in [-0.15, -0.1) is 11.3 Å². The van der Waals surface area contributed by atoms with E-state index in [9.17, 15) is 0 Å². The van der Waals surface area contributed by atoms with Gasteiger partial charge in [-0.3, -0.25) is 0 Å². The first kappa shape index (κ1) is 12.1. The predicted molar refractivity (Wildman–Crippen MR) is 71.9 cm³/mol. The van der Waals surface area contributed by atoms with Crippen LogP contribution in [-0.2, 0) is 0 Å². The smallest absolute Gasteiger partial charge is 0.0438 e. The molecule has 2 heteroatoms. The maximum absolute atomic E-state index is 3.73. The Morgan fingerprint density at radius 3 is 2.75 bits per heavy atom. The van der Waals surface area contributed by atoms with Crippen molar-refractivity contribution in [3.63, 3.8) is 0 Å². The van der Waals surface area contributed by atoms with Crippen molar-refractivity contribution in [3.8, 4) is 0 Å². The third-order valence-electron chi connectivity index (χ3n) is 3.66. The fourth-order valence-electron chi connectivity index (χ4n) is 2.36. The van der Waals surface area contributed by atoms with Crippen molar-refractivity contribution in [1.82, 2.24) is 5.32 Å². The fraction of sp³-hybridized carbons (Fsp3) is 0.714. The van der Waals surface area contributed by atoms with Crippen molar-refractivity contribution < 1.29 is 0 Å². The van der Waals surface area contributed by atoms with Crippen LogP contribution in [-0.4, -0.2) is 6.54 Å². The van der Waals surface area contributed by atoms with Gasteiger partial charge in [0, 0.05) is 10.9 Å². The largest absolute Gasteiger partial charge is 0.309 e. The first-order chi connectivity index (χ1) is 7.77. The van der Waals surface area contributed by atoms with Gasteiger partial charge < -0.3 is 5.32 Å². The van der Waals surface area contributed by atoms with Crippen LogP contribution in [0.15, 0.2) is 17.5 Å². The standard InChI is InChI=1S/C14H23NS/c1-11(2)14(13-7-4-10-16-13)15-9-8-12-5-3-6-12/h4,7,10-12,14-15H,3,5-6,8-9H2,1-2H3. The quantitative estimate of drug-likeness (QED) is 0.781. The van der Waals surface area contributed by atoms with E-state index in [0.29, 0.717) is 12.0 Å². The lowest BCUT2D eigenvalue weighted by atomic mass is 9.83. The monoisotopic (exact) mass is 237 g/mol. The minimum absolute atomic E-state index is 0.556. The lowest BCUT2D eigenvalue weighted by molar-refractivity contribution is 0.281. The highest BCUT2D eigenvalue weighted by molar-refractivity contribution is 7.10. The normalized spacial score (nSPS) is 18.7. The van der Waals surface area contributed by atoms with Crippen molar-refractivity contribution in [1.29, 1.82) is 0 Å². The zero-order valence-electron chi connectivity index (χ0n) is 10.4. The van der Waals surface area contributed by atoms with Crippen LogP contribution in [0.3, 0.4) is 0 Å². The van der Waals surface area contributed by atoms with Crippen LogP contribution >= 0.6 is 11.3 Å². The molecule has 0 saturated heterocycles. The fourth-order valence-corrected chi connectivity index (χ4v) is 3.33. The van der Waals surface area contributed by atoms with Gasteiger partial charge >= 0.3 is 0 Å². The molecule has 1 nitrogen and oxygen atoms in total. The molecular formula is C14H23NS. The highest BCUT2D eigenvalue weighted by Crippen LogP contribution is 2.30. The van der Waals surface area contributed by atoms with Crippen LogP contribution in [0.25, 0.3) is 0 Å². The summed E-state index contributed by atoms with van der Waals surface area (Å²) in [7, 11) is 0. The van der Waals surface area contributed by atoms with Crippen molar-refractivity contribution >= 4 is 11.3 Å². The Morgan fingerprint density at radius 2 is 2.25 bits per heavy atom. The maximum atomic E-state index is 3.73. The van der Waals surface area contributed by atoms with Gasteiger partial charge in [0.25, 0.3) is 0 Å². The van der Waals surface area contributed by atoms with Crippen LogP contribution in [0.5, 0.6) is 0 Å².